The van der Waals surface area contributed by atoms with Gasteiger partial charge in [0.05, 0.1) is 13.2 Å². The summed E-state index contributed by atoms with van der Waals surface area (Å²) >= 11 is 2.14. The second kappa shape index (κ2) is 27.9. The van der Waals surface area contributed by atoms with Gasteiger partial charge in [0.15, 0.2) is 11.1 Å². The van der Waals surface area contributed by atoms with Gasteiger partial charge in [0.25, 0.3) is 11.1 Å². The number of nitriles is 2. The highest BCUT2D eigenvalue weighted by molar-refractivity contribution is 7.08. The van der Waals surface area contributed by atoms with Gasteiger partial charge in [-0.15, -0.1) is 22.7 Å². The number of thiazole rings is 2. The predicted molar refractivity (Wildman–Crippen MR) is 263 cm³/mol. The molecule has 2 fully saturated rings. The third kappa shape index (κ3) is 15.4. The summed E-state index contributed by atoms with van der Waals surface area (Å²) in [7, 11) is 0. The van der Waals surface area contributed by atoms with E-state index in [1.165, 1.54) is 91.0 Å². The van der Waals surface area contributed by atoms with Gasteiger partial charge in [-0.2, -0.15) is 10.5 Å². The van der Waals surface area contributed by atoms with E-state index in [1.54, 1.807) is 40.0 Å². The zero-order chi connectivity index (χ0) is 47.8. The van der Waals surface area contributed by atoms with Crippen molar-refractivity contribution in [2.75, 3.05) is 70.1 Å². The van der Waals surface area contributed by atoms with Crippen LogP contribution >= 0.6 is 22.7 Å². The Morgan fingerprint density at radius 2 is 1.27 bits per heavy atom. The Bertz CT molecular complexity index is 2710. The third-order valence-electron chi connectivity index (χ3n) is 10.6. The molecule has 0 radical (unpaired) electrons. The molecule has 0 spiro atoms. The van der Waals surface area contributed by atoms with Crippen molar-refractivity contribution in [3.63, 3.8) is 0 Å². The summed E-state index contributed by atoms with van der Waals surface area (Å²) in [5.74, 6) is -1.48. The summed E-state index contributed by atoms with van der Waals surface area (Å²) in [5, 5.41) is 21.8. The summed E-state index contributed by atoms with van der Waals surface area (Å²) < 4.78 is 19.1. The molecule has 352 valence electrons. The van der Waals surface area contributed by atoms with E-state index in [4.69, 9.17) is 19.9 Å². The average molecular weight is 939 g/mol. The third-order valence-corrected chi connectivity index (χ3v) is 12.8. The highest BCUT2D eigenvalue weighted by Gasteiger charge is 2.18. The maximum Gasteiger partial charge on any atom is 0.352 e. The normalized spacial score (nSPS) is 15.0. The molecule has 0 saturated carbocycles. The van der Waals surface area contributed by atoms with E-state index in [9.17, 15) is 29.7 Å². The zero-order valence-electron chi connectivity index (χ0n) is 38.5. The van der Waals surface area contributed by atoms with Crippen LogP contribution in [-0.2, 0) is 49.7 Å². The summed E-state index contributed by atoms with van der Waals surface area (Å²) in [4.78, 5) is 53.9. The number of carbonyl (C=O) groups excluding carboxylic acids is 2. The number of carbonyl (C=O) groups is 2. The minimum Gasteiger partial charge on any atom is -0.500 e. The van der Waals surface area contributed by atoms with E-state index in [-0.39, 0.29) is 40.1 Å². The Labute approximate surface area is 394 Å². The van der Waals surface area contributed by atoms with E-state index in [1.807, 2.05) is 30.3 Å². The molecule has 0 amide bonds. The summed E-state index contributed by atoms with van der Waals surface area (Å²) in [6.07, 6.45) is 11.8. The highest BCUT2D eigenvalue weighted by atomic mass is 32.1. The van der Waals surface area contributed by atoms with Gasteiger partial charge in [-0.1, -0.05) is 36.9 Å². The number of nitrogens with zero attached hydrogens (tertiary/aromatic N) is 6. The lowest BCUT2D eigenvalue weighted by Gasteiger charge is -2.14. The van der Waals surface area contributed by atoms with Crippen molar-refractivity contribution in [2.45, 2.75) is 79.3 Å². The monoisotopic (exact) mass is 938 g/mol. The number of esters is 2. The lowest BCUT2D eigenvalue weighted by molar-refractivity contribution is -0.136. The van der Waals surface area contributed by atoms with Crippen molar-refractivity contribution >= 4 is 69.6 Å². The largest absolute Gasteiger partial charge is 0.500 e. The van der Waals surface area contributed by atoms with Crippen LogP contribution in [0.25, 0.3) is 23.6 Å². The highest BCUT2D eigenvalue weighted by Crippen LogP contribution is 2.14. The van der Waals surface area contributed by atoms with Gasteiger partial charge in [0.2, 0.25) is 0 Å². The lowest BCUT2D eigenvalue weighted by Crippen LogP contribution is -2.32. The molecule has 2 aliphatic heterocycles. The minimum atomic E-state index is -0.774. The predicted octanol–water partition coefficient (Wildman–Crippen LogP) is 3.67. The lowest BCUT2D eigenvalue weighted by atomic mass is 10.1. The molecule has 17 heteroatoms. The molecule has 0 atom stereocenters. The van der Waals surface area contributed by atoms with Crippen LogP contribution in [0.5, 0.6) is 0 Å². The number of nitrogen functional groups attached to an aromatic ring is 1. The fraction of sp³-hybridized carbons (Fsp3) is 0.429. The Kier molecular flexibility index (Phi) is 22.2. The Balaban J connectivity index is 0.000000234. The van der Waals surface area contributed by atoms with Gasteiger partial charge >= 0.3 is 11.9 Å². The molecule has 0 aliphatic carbocycles. The van der Waals surface area contributed by atoms with Crippen molar-refractivity contribution < 1.29 is 23.8 Å². The maximum absolute atomic E-state index is 12.8. The number of anilines is 2. The van der Waals surface area contributed by atoms with E-state index in [2.05, 4.69) is 46.0 Å². The van der Waals surface area contributed by atoms with Gasteiger partial charge in [0.1, 0.15) is 43.4 Å². The SMILES string of the molecule is C=CCOC(=O)C(C#N)=c1sc(=COCC)c(=O)n1CC.CCOC(=O)C(C#N)=c1sc(=CNc2cccc(CCN3CCCC3)c2)c(=O)n1CC.Nc1cccc(CCN2CCCC2)c1. The molecule has 2 aliphatic rings. The number of hydrogen-bond donors (Lipinski definition) is 2. The van der Waals surface area contributed by atoms with Crippen LogP contribution in [0.2, 0.25) is 0 Å². The van der Waals surface area contributed by atoms with Crippen LogP contribution in [-0.4, -0.2) is 90.0 Å². The fourth-order valence-electron chi connectivity index (χ4n) is 7.20. The molecular formula is C49H62N8O7S2. The van der Waals surface area contributed by atoms with Gasteiger partial charge in [-0.25, -0.2) is 9.59 Å². The number of ether oxygens (including phenoxy) is 3. The molecule has 4 aromatic rings. The molecule has 0 bridgehead atoms. The standard InChI is InChI=1S/C23H28N4O3S.C14H16N2O4S.C12H18N2/c1-3-27-21(28)20(31-22(27)19(15-24)23(29)30-4-2)16-25-18-9-7-8-17(14-18)10-13-26-11-5-6-12-26;1-4-7-20-14(18)10(8-15)13-16(5-2)12(17)11(21-13)9-19-6-3;13-12-5-3-4-11(10-12)6-9-14-7-1-2-8-14/h7-9,14,16,25H,3-6,10-13H2,1-2H3;4,9H,1,5-7H2,2-3H3;3-5,10H,1-2,6-9,13H2. The molecule has 2 aromatic carbocycles. The first-order chi connectivity index (χ1) is 32.0. The van der Waals surface area contributed by atoms with Crippen LogP contribution in [0.15, 0.2) is 70.8 Å². The van der Waals surface area contributed by atoms with Gasteiger partial charge in [0, 0.05) is 43.8 Å². The Morgan fingerprint density at radius 3 is 1.77 bits per heavy atom. The van der Waals surface area contributed by atoms with Crippen LogP contribution in [0, 0.1) is 22.7 Å². The first-order valence-corrected chi connectivity index (χ1v) is 24.0. The van der Waals surface area contributed by atoms with Crippen LogP contribution in [0.4, 0.5) is 11.4 Å². The minimum absolute atomic E-state index is 0.00364. The van der Waals surface area contributed by atoms with Crippen molar-refractivity contribution in [2.24, 2.45) is 0 Å². The van der Waals surface area contributed by atoms with Crippen molar-refractivity contribution in [1.82, 2.24) is 18.9 Å². The van der Waals surface area contributed by atoms with Crippen molar-refractivity contribution in [1.29, 1.82) is 10.5 Å². The van der Waals surface area contributed by atoms with Crippen LogP contribution in [0.1, 0.15) is 64.5 Å². The second-order valence-corrected chi connectivity index (χ2v) is 17.2. The number of benzene rings is 2. The van der Waals surface area contributed by atoms with Gasteiger partial charge in [-0.05, 0) is 128 Å². The molecule has 0 unspecified atom stereocenters. The molecule has 66 heavy (non-hydrogen) atoms. The summed E-state index contributed by atoms with van der Waals surface area (Å²) in [6.45, 7) is 18.9. The average Bonchev–Trinajstić information content (AvgIpc) is 4.15. The van der Waals surface area contributed by atoms with Crippen molar-refractivity contribution in [3.8, 4) is 12.1 Å². The smallest absolute Gasteiger partial charge is 0.352 e. The maximum atomic E-state index is 12.8. The summed E-state index contributed by atoms with van der Waals surface area (Å²) in [5.41, 5.74) is 9.23. The first-order valence-electron chi connectivity index (χ1n) is 22.4. The second-order valence-electron chi connectivity index (χ2n) is 15.1. The molecule has 6 rings (SSSR count). The Morgan fingerprint density at radius 1 is 0.758 bits per heavy atom. The Hall–Kier alpha value is -6.24. The van der Waals surface area contributed by atoms with Crippen LogP contribution in [0.3, 0.4) is 0 Å². The molecule has 2 saturated heterocycles. The molecule has 15 nitrogen and oxygen atoms in total. The first kappa shape index (κ1) is 52.4. The van der Waals surface area contributed by atoms with Crippen molar-refractivity contribution in [3.05, 3.63) is 111 Å². The van der Waals surface area contributed by atoms with E-state index >= 15 is 0 Å². The number of hydrogen-bond acceptors (Lipinski definition) is 15. The molecular weight excluding hydrogens is 877 g/mol. The molecule has 2 aromatic heterocycles. The van der Waals surface area contributed by atoms with E-state index in [0.29, 0.717) is 33.4 Å². The van der Waals surface area contributed by atoms with Gasteiger partial charge in [-0.3, -0.25) is 18.7 Å². The number of nitrogens with one attached hydrogen (secondary N) is 1. The van der Waals surface area contributed by atoms with E-state index in [0.717, 1.165) is 53.4 Å². The number of aromatic nitrogens is 2. The number of rotatable bonds is 17. The quantitative estimate of drug-likeness (QED) is 0.0885. The summed E-state index contributed by atoms with van der Waals surface area (Å²) in [6, 6.07) is 20.1. The van der Waals surface area contributed by atoms with Gasteiger partial charge < -0.3 is 35.1 Å². The van der Waals surface area contributed by atoms with E-state index < -0.39 is 11.9 Å². The number of likely N-dealkylation sites (tertiary alicyclic amines) is 2. The topological polar surface area (TPSA) is 198 Å². The fourth-order valence-corrected chi connectivity index (χ4v) is 9.35. The zero-order valence-corrected chi connectivity index (χ0v) is 40.1. The molecule has 3 N–H and O–H groups in total. The molecule has 4 heterocycles. The van der Waals surface area contributed by atoms with Crippen LogP contribution < -0.4 is 40.6 Å². The number of nitrogens with two attached hydrogens (primary N) is 1.